The summed E-state index contributed by atoms with van der Waals surface area (Å²) in [5.74, 6) is -1.12. The molecule has 0 saturated carbocycles. The molecule has 0 saturated heterocycles. The monoisotopic (exact) mass is 426 g/mol. The van der Waals surface area contributed by atoms with Crippen LogP contribution in [0.4, 0.5) is 21.5 Å². The summed E-state index contributed by atoms with van der Waals surface area (Å²) in [6.45, 7) is 5.12. The highest BCUT2D eigenvalue weighted by atomic mass is 19.1. The molecule has 0 aromatic heterocycles. The van der Waals surface area contributed by atoms with E-state index in [0.717, 1.165) is 0 Å². The van der Waals surface area contributed by atoms with Crippen molar-refractivity contribution in [3.05, 3.63) is 53.8 Å². The van der Waals surface area contributed by atoms with E-state index in [1.807, 2.05) is 13.0 Å². The third kappa shape index (κ3) is 5.08. The molecule has 0 spiro atoms. The van der Waals surface area contributed by atoms with Gasteiger partial charge in [0.15, 0.2) is 0 Å². The lowest BCUT2D eigenvalue weighted by Crippen LogP contribution is -2.48. The molecule has 2 N–H and O–H groups in total. The van der Waals surface area contributed by atoms with Gasteiger partial charge in [0, 0.05) is 18.2 Å². The van der Waals surface area contributed by atoms with Crippen LogP contribution in [0.2, 0.25) is 0 Å². The summed E-state index contributed by atoms with van der Waals surface area (Å²) in [4.78, 5) is 41.1. The number of nitrogens with zero attached hydrogens (tertiary/aromatic N) is 2. The normalized spacial score (nSPS) is 16.9. The molecule has 3 amide bonds. The topological polar surface area (TPSA) is 81.8 Å². The van der Waals surface area contributed by atoms with E-state index in [2.05, 4.69) is 10.6 Å². The molecule has 164 valence electrons. The lowest BCUT2D eigenvalue weighted by Gasteiger charge is -2.31. The Morgan fingerprint density at radius 1 is 1.29 bits per heavy atom. The molecule has 0 aliphatic carbocycles. The highest BCUT2D eigenvalue weighted by molar-refractivity contribution is 6.05. The summed E-state index contributed by atoms with van der Waals surface area (Å²) in [5, 5.41) is 5.51. The van der Waals surface area contributed by atoms with Gasteiger partial charge in [-0.3, -0.25) is 19.3 Å². The van der Waals surface area contributed by atoms with Crippen LogP contribution < -0.4 is 15.5 Å². The van der Waals surface area contributed by atoms with Crippen molar-refractivity contribution in [1.82, 2.24) is 4.90 Å². The van der Waals surface area contributed by atoms with E-state index in [-0.39, 0.29) is 36.7 Å². The molecule has 2 aromatic rings. The van der Waals surface area contributed by atoms with Gasteiger partial charge in [0.25, 0.3) is 0 Å². The van der Waals surface area contributed by atoms with Gasteiger partial charge < -0.3 is 15.5 Å². The smallest absolute Gasteiger partial charge is 0.241 e. The molecule has 0 radical (unpaired) electrons. The average Bonchev–Trinajstić information content (AvgIpc) is 2.84. The molecule has 0 bridgehead atoms. The van der Waals surface area contributed by atoms with Crippen molar-refractivity contribution >= 4 is 34.8 Å². The van der Waals surface area contributed by atoms with E-state index in [9.17, 15) is 18.8 Å². The maximum atomic E-state index is 13.7. The van der Waals surface area contributed by atoms with Crippen LogP contribution in [0.15, 0.2) is 42.5 Å². The fourth-order valence-corrected chi connectivity index (χ4v) is 3.51. The van der Waals surface area contributed by atoms with Crippen LogP contribution in [-0.2, 0) is 14.4 Å². The molecule has 2 atom stereocenters. The number of likely N-dealkylation sites (N-methyl/N-ethyl adjacent to an activating group) is 1. The molecule has 1 aliphatic heterocycles. The Hall–Kier alpha value is -3.26. The number of para-hydroxylation sites is 2. The fraction of sp³-hybridized carbons (Fsp3) is 0.348. The molecule has 3 rings (SSSR count). The van der Waals surface area contributed by atoms with Gasteiger partial charge in [0.2, 0.25) is 17.7 Å². The lowest BCUT2D eigenvalue weighted by molar-refractivity contribution is -0.123. The first-order chi connectivity index (χ1) is 14.7. The minimum atomic E-state index is -0.634. The first kappa shape index (κ1) is 22.4. The minimum Gasteiger partial charge on any atom is -0.325 e. The summed E-state index contributed by atoms with van der Waals surface area (Å²) in [5.41, 5.74) is 2.07. The van der Waals surface area contributed by atoms with Gasteiger partial charge in [-0.2, -0.15) is 0 Å². The molecular weight excluding hydrogens is 399 g/mol. The zero-order chi connectivity index (χ0) is 22.7. The van der Waals surface area contributed by atoms with Crippen molar-refractivity contribution in [1.29, 1.82) is 0 Å². The molecule has 1 aliphatic rings. The SMILES string of the molecule is Cc1ccc(NC(=O)[C@H](C)N(C)CC(=O)N2c3ccccc3NC(=O)C[C@@H]2C)cc1F. The number of aryl methyl sites for hydroxylation is 1. The Morgan fingerprint density at radius 2 is 2.00 bits per heavy atom. The maximum Gasteiger partial charge on any atom is 0.241 e. The predicted molar refractivity (Wildman–Crippen MR) is 118 cm³/mol. The van der Waals surface area contributed by atoms with Crippen LogP contribution in [0.1, 0.15) is 25.8 Å². The number of hydrogen-bond donors (Lipinski definition) is 2. The average molecular weight is 426 g/mol. The number of fused-ring (bicyclic) bond motifs is 1. The number of carbonyl (C=O) groups excluding carboxylic acids is 3. The Morgan fingerprint density at radius 3 is 2.71 bits per heavy atom. The van der Waals surface area contributed by atoms with Gasteiger partial charge >= 0.3 is 0 Å². The van der Waals surface area contributed by atoms with Crippen molar-refractivity contribution in [2.75, 3.05) is 29.1 Å². The summed E-state index contributed by atoms with van der Waals surface area (Å²) in [6.07, 6.45) is 0.180. The van der Waals surface area contributed by atoms with Crippen molar-refractivity contribution in [2.24, 2.45) is 0 Å². The molecular formula is C23H27FN4O3. The largest absolute Gasteiger partial charge is 0.325 e. The van der Waals surface area contributed by atoms with E-state index in [1.54, 1.807) is 61.0 Å². The fourth-order valence-electron chi connectivity index (χ4n) is 3.51. The number of benzene rings is 2. The molecule has 2 aromatic carbocycles. The Balaban J connectivity index is 1.70. The zero-order valence-electron chi connectivity index (χ0n) is 18.1. The highest BCUT2D eigenvalue weighted by Gasteiger charge is 2.31. The zero-order valence-corrected chi connectivity index (χ0v) is 18.1. The Kier molecular flexibility index (Phi) is 6.70. The van der Waals surface area contributed by atoms with Crippen LogP contribution in [-0.4, -0.2) is 48.3 Å². The van der Waals surface area contributed by atoms with Crippen molar-refractivity contribution < 1.29 is 18.8 Å². The van der Waals surface area contributed by atoms with E-state index >= 15 is 0 Å². The molecule has 8 heteroatoms. The molecule has 7 nitrogen and oxygen atoms in total. The van der Waals surface area contributed by atoms with Gasteiger partial charge in [-0.1, -0.05) is 18.2 Å². The van der Waals surface area contributed by atoms with Crippen LogP contribution in [0.25, 0.3) is 0 Å². The first-order valence-electron chi connectivity index (χ1n) is 10.2. The number of nitrogens with one attached hydrogen (secondary N) is 2. The van der Waals surface area contributed by atoms with Gasteiger partial charge in [-0.15, -0.1) is 0 Å². The standard InChI is InChI=1S/C23H27FN4O3/c1-14-9-10-17(12-18(14)24)25-23(31)16(3)27(4)13-22(30)28-15(2)11-21(29)26-19-7-5-6-8-20(19)28/h5-10,12,15-16H,11,13H2,1-4H3,(H,25,31)(H,26,29)/t15-,16-/m0/s1. The van der Waals surface area contributed by atoms with Crippen LogP contribution in [0.5, 0.6) is 0 Å². The van der Waals surface area contributed by atoms with Gasteiger partial charge in [0.1, 0.15) is 5.82 Å². The Labute approximate surface area is 181 Å². The van der Waals surface area contributed by atoms with Crippen molar-refractivity contribution in [2.45, 2.75) is 39.3 Å². The quantitative estimate of drug-likeness (QED) is 0.770. The third-order valence-corrected chi connectivity index (χ3v) is 5.49. The van der Waals surface area contributed by atoms with Crippen LogP contribution >= 0.6 is 0 Å². The van der Waals surface area contributed by atoms with E-state index < -0.39 is 11.9 Å². The molecule has 31 heavy (non-hydrogen) atoms. The summed E-state index contributed by atoms with van der Waals surface area (Å²) in [7, 11) is 1.68. The number of halogens is 1. The van der Waals surface area contributed by atoms with Crippen LogP contribution in [0.3, 0.4) is 0 Å². The van der Waals surface area contributed by atoms with E-state index in [4.69, 9.17) is 0 Å². The van der Waals surface area contributed by atoms with Crippen molar-refractivity contribution in [3.8, 4) is 0 Å². The maximum absolute atomic E-state index is 13.7. The lowest BCUT2D eigenvalue weighted by atomic mass is 10.1. The van der Waals surface area contributed by atoms with Crippen molar-refractivity contribution in [3.63, 3.8) is 0 Å². The number of carbonyl (C=O) groups is 3. The molecule has 0 fully saturated rings. The second-order valence-electron chi connectivity index (χ2n) is 7.93. The van der Waals surface area contributed by atoms with Gasteiger partial charge in [-0.25, -0.2) is 4.39 Å². The second-order valence-corrected chi connectivity index (χ2v) is 7.93. The van der Waals surface area contributed by atoms with E-state index in [0.29, 0.717) is 22.6 Å². The summed E-state index contributed by atoms with van der Waals surface area (Å²) < 4.78 is 13.7. The van der Waals surface area contributed by atoms with Gasteiger partial charge in [-0.05, 0) is 57.6 Å². The third-order valence-electron chi connectivity index (χ3n) is 5.49. The Bertz CT molecular complexity index is 1010. The minimum absolute atomic E-state index is 0.0241. The molecule has 0 unspecified atom stereocenters. The second kappa shape index (κ2) is 9.26. The highest BCUT2D eigenvalue weighted by Crippen LogP contribution is 2.31. The number of rotatable bonds is 5. The number of amides is 3. The summed E-state index contributed by atoms with van der Waals surface area (Å²) in [6, 6.07) is 10.7. The number of hydrogen-bond acceptors (Lipinski definition) is 4. The number of anilines is 3. The summed E-state index contributed by atoms with van der Waals surface area (Å²) >= 11 is 0. The predicted octanol–water partition coefficient (Wildman–Crippen LogP) is 3.16. The van der Waals surface area contributed by atoms with Gasteiger partial charge in [0.05, 0.1) is 24.0 Å². The van der Waals surface area contributed by atoms with E-state index in [1.165, 1.54) is 6.07 Å². The van der Waals surface area contributed by atoms with Crippen LogP contribution in [0, 0.1) is 12.7 Å². The molecule has 1 heterocycles. The first-order valence-corrected chi connectivity index (χ1v) is 10.2.